The Labute approximate surface area is 102 Å². The van der Waals surface area contributed by atoms with E-state index >= 15 is 0 Å². The Hall–Kier alpha value is -2.14. The number of fused-ring (bicyclic) bond motifs is 1. The van der Waals surface area contributed by atoms with Crippen LogP contribution in [0.3, 0.4) is 0 Å². The number of thiophene rings is 1. The summed E-state index contributed by atoms with van der Waals surface area (Å²) in [6.07, 6.45) is 0. The van der Waals surface area contributed by atoms with Gasteiger partial charge in [0.05, 0.1) is 15.9 Å². The van der Waals surface area contributed by atoms with Crippen LogP contribution in [0, 0.1) is 5.41 Å². The van der Waals surface area contributed by atoms with Gasteiger partial charge in [-0.15, -0.1) is 11.3 Å². The zero-order valence-electron chi connectivity index (χ0n) is 8.90. The maximum atomic E-state index is 7.52. The summed E-state index contributed by atoms with van der Waals surface area (Å²) < 4.78 is 0. The Morgan fingerprint density at radius 2 is 2.12 bits per heavy atom. The number of nitrogens with zero attached hydrogens (tertiary/aromatic N) is 1. The average molecular weight is 242 g/mol. The third kappa shape index (κ3) is 1.60. The molecular formula is C12H10N4S. The zero-order valence-corrected chi connectivity index (χ0v) is 9.71. The highest BCUT2D eigenvalue weighted by molar-refractivity contribution is 7.14. The molecule has 0 aliphatic rings. The van der Waals surface area contributed by atoms with Crippen LogP contribution < -0.4 is 5.73 Å². The number of aromatic amines is 1. The molecule has 0 spiro atoms. The summed E-state index contributed by atoms with van der Waals surface area (Å²) in [4.78, 5) is 8.65. The Morgan fingerprint density at radius 3 is 2.88 bits per heavy atom. The fourth-order valence-electron chi connectivity index (χ4n) is 1.77. The SMILES string of the molecule is N=C(N)c1ccsc1-c1nc2ccccc2[nH]1. The molecule has 1 aromatic carbocycles. The van der Waals surface area contributed by atoms with Gasteiger partial charge in [0.15, 0.2) is 0 Å². The number of nitrogens with two attached hydrogens (primary N) is 1. The number of nitrogens with one attached hydrogen (secondary N) is 2. The van der Waals surface area contributed by atoms with E-state index in [4.69, 9.17) is 11.1 Å². The molecule has 4 N–H and O–H groups in total. The van der Waals surface area contributed by atoms with Crippen molar-refractivity contribution in [2.75, 3.05) is 0 Å². The van der Waals surface area contributed by atoms with E-state index in [9.17, 15) is 0 Å². The van der Waals surface area contributed by atoms with Gasteiger partial charge in [0, 0.05) is 5.56 Å². The van der Waals surface area contributed by atoms with Crippen molar-refractivity contribution >= 4 is 28.2 Å². The Bertz CT molecular complexity index is 662. The molecule has 3 aromatic rings. The molecular weight excluding hydrogens is 232 g/mol. The number of nitrogen functional groups attached to an aromatic ring is 1. The van der Waals surface area contributed by atoms with E-state index in [0.717, 1.165) is 27.3 Å². The molecule has 2 aromatic heterocycles. The molecule has 0 fully saturated rings. The molecule has 0 bridgehead atoms. The van der Waals surface area contributed by atoms with Crippen LogP contribution in [0.4, 0.5) is 0 Å². The van der Waals surface area contributed by atoms with Crippen molar-refractivity contribution < 1.29 is 0 Å². The monoisotopic (exact) mass is 242 g/mol. The predicted octanol–water partition coefficient (Wildman–Crippen LogP) is 2.58. The largest absolute Gasteiger partial charge is 0.384 e. The van der Waals surface area contributed by atoms with Gasteiger partial charge in [-0.2, -0.15) is 0 Å². The minimum Gasteiger partial charge on any atom is -0.384 e. The standard InChI is InChI=1S/C12H10N4S/c13-11(14)7-5-6-17-10(7)12-15-8-3-1-2-4-9(8)16-12/h1-6H,(H3,13,14)(H,15,16). The molecule has 17 heavy (non-hydrogen) atoms. The van der Waals surface area contributed by atoms with Gasteiger partial charge in [0.1, 0.15) is 11.7 Å². The van der Waals surface area contributed by atoms with Gasteiger partial charge in [-0.1, -0.05) is 12.1 Å². The molecule has 2 heterocycles. The van der Waals surface area contributed by atoms with Crippen molar-refractivity contribution in [2.45, 2.75) is 0 Å². The number of para-hydroxylation sites is 2. The molecule has 0 atom stereocenters. The number of H-pyrrole nitrogens is 1. The Kier molecular flexibility index (Phi) is 2.19. The molecule has 5 heteroatoms. The zero-order chi connectivity index (χ0) is 11.8. The molecule has 0 aliphatic carbocycles. The quantitative estimate of drug-likeness (QED) is 0.477. The number of benzene rings is 1. The van der Waals surface area contributed by atoms with Crippen LogP contribution in [0.1, 0.15) is 5.56 Å². The lowest BCUT2D eigenvalue weighted by atomic mass is 10.2. The first kappa shape index (κ1) is 10.0. The average Bonchev–Trinajstić information content (AvgIpc) is 2.95. The first-order chi connectivity index (χ1) is 8.25. The number of aromatic nitrogens is 2. The van der Waals surface area contributed by atoms with Gasteiger partial charge < -0.3 is 10.7 Å². The lowest BCUT2D eigenvalue weighted by Gasteiger charge is -1.97. The van der Waals surface area contributed by atoms with Gasteiger partial charge in [-0.05, 0) is 23.6 Å². The van der Waals surface area contributed by atoms with E-state index in [-0.39, 0.29) is 5.84 Å². The molecule has 0 aliphatic heterocycles. The second kappa shape index (κ2) is 3.71. The minimum atomic E-state index is 0.0710. The van der Waals surface area contributed by atoms with Gasteiger partial charge in [0.25, 0.3) is 0 Å². The van der Waals surface area contributed by atoms with Crippen LogP contribution in [0.25, 0.3) is 21.7 Å². The summed E-state index contributed by atoms with van der Waals surface area (Å²) in [6.45, 7) is 0. The number of imidazole rings is 1. The minimum absolute atomic E-state index is 0.0710. The second-order valence-electron chi connectivity index (χ2n) is 3.68. The van der Waals surface area contributed by atoms with Crippen molar-refractivity contribution in [3.05, 3.63) is 41.3 Å². The predicted molar refractivity (Wildman–Crippen MR) is 70.4 cm³/mol. The topological polar surface area (TPSA) is 78.6 Å². The van der Waals surface area contributed by atoms with Crippen molar-refractivity contribution in [2.24, 2.45) is 5.73 Å². The van der Waals surface area contributed by atoms with E-state index in [0.29, 0.717) is 0 Å². The Balaban J connectivity index is 2.20. The maximum absolute atomic E-state index is 7.52. The van der Waals surface area contributed by atoms with Crippen molar-refractivity contribution in [3.8, 4) is 10.7 Å². The molecule has 0 amide bonds. The van der Waals surface area contributed by atoms with Crippen LogP contribution in [-0.2, 0) is 0 Å². The highest BCUT2D eigenvalue weighted by Gasteiger charge is 2.12. The number of hydrogen-bond acceptors (Lipinski definition) is 3. The lowest BCUT2D eigenvalue weighted by molar-refractivity contribution is 1.35. The van der Waals surface area contributed by atoms with E-state index in [1.54, 1.807) is 0 Å². The van der Waals surface area contributed by atoms with Gasteiger partial charge in [-0.25, -0.2) is 4.98 Å². The first-order valence-electron chi connectivity index (χ1n) is 5.13. The van der Waals surface area contributed by atoms with Crippen molar-refractivity contribution in [1.29, 1.82) is 5.41 Å². The van der Waals surface area contributed by atoms with E-state index in [1.807, 2.05) is 35.7 Å². The third-order valence-corrected chi connectivity index (χ3v) is 3.48. The molecule has 84 valence electrons. The molecule has 0 radical (unpaired) electrons. The van der Waals surface area contributed by atoms with Gasteiger partial charge >= 0.3 is 0 Å². The van der Waals surface area contributed by atoms with E-state index in [1.165, 1.54) is 11.3 Å². The summed E-state index contributed by atoms with van der Waals surface area (Å²) in [6, 6.07) is 9.69. The number of hydrogen-bond donors (Lipinski definition) is 3. The highest BCUT2D eigenvalue weighted by atomic mass is 32.1. The Morgan fingerprint density at radius 1 is 1.29 bits per heavy atom. The van der Waals surface area contributed by atoms with E-state index in [2.05, 4.69) is 9.97 Å². The first-order valence-corrected chi connectivity index (χ1v) is 6.00. The third-order valence-electron chi connectivity index (χ3n) is 2.56. The normalized spacial score (nSPS) is 10.8. The summed E-state index contributed by atoms with van der Waals surface area (Å²) in [7, 11) is 0. The fraction of sp³-hybridized carbons (Fsp3) is 0. The smallest absolute Gasteiger partial charge is 0.149 e. The summed E-state index contributed by atoms with van der Waals surface area (Å²) >= 11 is 1.53. The van der Waals surface area contributed by atoms with Crippen molar-refractivity contribution in [3.63, 3.8) is 0 Å². The van der Waals surface area contributed by atoms with Crippen LogP contribution in [0.15, 0.2) is 35.7 Å². The number of rotatable bonds is 2. The molecule has 0 saturated heterocycles. The lowest BCUT2D eigenvalue weighted by Crippen LogP contribution is -2.10. The highest BCUT2D eigenvalue weighted by Crippen LogP contribution is 2.28. The second-order valence-corrected chi connectivity index (χ2v) is 4.60. The summed E-state index contributed by atoms with van der Waals surface area (Å²) in [5.41, 5.74) is 8.18. The fourth-order valence-corrected chi connectivity index (χ4v) is 2.62. The van der Waals surface area contributed by atoms with Crippen LogP contribution in [0.5, 0.6) is 0 Å². The van der Waals surface area contributed by atoms with Crippen LogP contribution in [0.2, 0.25) is 0 Å². The summed E-state index contributed by atoms with van der Waals surface area (Å²) in [5, 5.41) is 9.44. The van der Waals surface area contributed by atoms with Gasteiger partial charge in [-0.3, -0.25) is 5.41 Å². The molecule has 0 saturated carbocycles. The van der Waals surface area contributed by atoms with E-state index < -0.39 is 0 Å². The summed E-state index contributed by atoms with van der Waals surface area (Å²) in [5.74, 6) is 0.841. The molecule has 4 nitrogen and oxygen atoms in total. The molecule has 3 rings (SSSR count). The van der Waals surface area contributed by atoms with Crippen LogP contribution >= 0.6 is 11.3 Å². The molecule has 0 unspecified atom stereocenters. The maximum Gasteiger partial charge on any atom is 0.149 e. The van der Waals surface area contributed by atoms with Crippen LogP contribution in [-0.4, -0.2) is 15.8 Å². The van der Waals surface area contributed by atoms with Crippen molar-refractivity contribution in [1.82, 2.24) is 9.97 Å². The number of amidine groups is 1. The van der Waals surface area contributed by atoms with Gasteiger partial charge in [0.2, 0.25) is 0 Å².